The SMILES string of the molecule is CCCCC(CC)CNc1ccc(C)cc1[N+](=O)[O-]. The number of nitrogens with one attached hydrogen (secondary N) is 1. The summed E-state index contributed by atoms with van der Waals surface area (Å²) in [6.07, 6.45) is 4.70. The third-order valence-corrected chi connectivity index (χ3v) is 3.47. The fourth-order valence-corrected chi connectivity index (χ4v) is 2.14. The van der Waals surface area contributed by atoms with Crippen molar-refractivity contribution in [3.63, 3.8) is 0 Å². The molecule has 19 heavy (non-hydrogen) atoms. The van der Waals surface area contributed by atoms with Gasteiger partial charge in [0.25, 0.3) is 5.69 Å². The summed E-state index contributed by atoms with van der Waals surface area (Å²) in [6.45, 7) is 7.03. The Hall–Kier alpha value is -1.58. The average molecular weight is 264 g/mol. The summed E-state index contributed by atoms with van der Waals surface area (Å²) >= 11 is 0. The van der Waals surface area contributed by atoms with E-state index in [4.69, 9.17) is 0 Å². The highest BCUT2D eigenvalue weighted by Crippen LogP contribution is 2.26. The number of unbranched alkanes of at least 4 members (excludes halogenated alkanes) is 1. The van der Waals surface area contributed by atoms with Crippen molar-refractivity contribution < 1.29 is 4.92 Å². The first kappa shape index (κ1) is 15.5. The topological polar surface area (TPSA) is 55.2 Å². The summed E-state index contributed by atoms with van der Waals surface area (Å²) in [7, 11) is 0. The quantitative estimate of drug-likeness (QED) is 0.554. The van der Waals surface area contributed by atoms with E-state index in [0.29, 0.717) is 11.6 Å². The zero-order valence-corrected chi connectivity index (χ0v) is 12.1. The molecule has 0 amide bonds. The Morgan fingerprint density at radius 3 is 2.68 bits per heavy atom. The molecule has 1 unspecified atom stereocenters. The van der Waals surface area contributed by atoms with Crippen LogP contribution < -0.4 is 5.32 Å². The van der Waals surface area contributed by atoms with Crippen molar-refractivity contribution >= 4 is 11.4 Å². The lowest BCUT2D eigenvalue weighted by Gasteiger charge is -2.16. The molecule has 1 rings (SSSR count). The smallest absolute Gasteiger partial charge is 0.292 e. The van der Waals surface area contributed by atoms with Crippen molar-refractivity contribution in [2.45, 2.75) is 46.5 Å². The first-order valence-electron chi connectivity index (χ1n) is 7.07. The highest BCUT2D eigenvalue weighted by atomic mass is 16.6. The highest BCUT2D eigenvalue weighted by Gasteiger charge is 2.14. The fraction of sp³-hybridized carbons (Fsp3) is 0.600. The lowest BCUT2D eigenvalue weighted by molar-refractivity contribution is -0.384. The number of hydrogen-bond acceptors (Lipinski definition) is 3. The van der Waals surface area contributed by atoms with Gasteiger partial charge in [-0.05, 0) is 30.9 Å². The molecule has 1 atom stereocenters. The van der Waals surface area contributed by atoms with Crippen molar-refractivity contribution in [3.8, 4) is 0 Å². The molecule has 0 aliphatic carbocycles. The van der Waals surface area contributed by atoms with Gasteiger partial charge in [-0.2, -0.15) is 0 Å². The Bertz CT molecular complexity index is 419. The molecular formula is C15H24N2O2. The van der Waals surface area contributed by atoms with Crippen LogP contribution >= 0.6 is 0 Å². The average Bonchev–Trinajstić information content (AvgIpc) is 2.40. The van der Waals surface area contributed by atoms with Gasteiger partial charge in [-0.25, -0.2) is 0 Å². The number of hydrogen-bond donors (Lipinski definition) is 1. The second-order valence-electron chi connectivity index (χ2n) is 5.08. The van der Waals surface area contributed by atoms with Crippen LogP contribution in [0.2, 0.25) is 0 Å². The highest BCUT2D eigenvalue weighted by molar-refractivity contribution is 5.62. The fourth-order valence-electron chi connectivity index (χ4n) is 2.14. The van der Waals surface area contributed by atoms with Gasteiger partial charge in [0, 0.05) is 12.6 Å². The molecule has 4 heteroatoms. The second-order valence-corrected chi connectivity index (χ2v) is 5.08. The van der Waals surface area contributed by atoms with Gasteiger partial charge < -0.3 is 5.32 Å². The monoisotopic (exact) mass is 264 g/mol. The number of aryl methyl sites for hydroxylation is 1. The minimum Gasteiger partial charge on any atom is -0.379 e. The summed E-state index contributed by atoms with van der Waals surface area (Å²) in [4.78, 5) is 10.7. The zero-order chi connectivity index (χ0) is 14.3. The molecule has 0 saturated heterocycles. The lowest BCUT2D eigenvalue weighted by Crippen LogP contribution is -2.14. The van der Waals surface area contributed by atoms with Crippen LogP contribution in [-0.4, -0.2) is 11.5 Å². The Morgan fingerprint density at radius 2 is 2.11 bits per heavy atom. The summed E-state index contributed by atoms with van der Waals surface area (Å²) < 4.78 is 0. The Kier molecular flexibility index (Phi) is 6.33. The summed E-state index contributed by atoms with van der Waals surface area (Å²) in [5.74, 6) is 0.584. The van der Waals surface area contributed by atoms with E-state index in [-0.39, 0.29) is 10.6 Å². The van der Waals surface area contributed by atoms with E-state index in [2.05, 4.69) is 19.2 Å². The molecule has 0 aliphatic heterocycles. The van der Waals surface area contributed by atoms with Crippen LogP contribution in [0.3, 0.4) is 0 Å². The number of benzene rings is 1. The van der Waals surface area contributed by atoms with Gasteiger partial charge in [-0.1, -0.05) is 39.2 Å². The molecule has 1 N–H and O–H groups in total. The molecule has 0 saturated carbocycles. The number of nitro benzene ring substituents is 1. The van der Waals surface area contributed by atoms with E-state index >= 15 is 0 Å². The van der Waals surface area contributed by atoms with E-state index < -0.39 is 0 Å². The molecule has 0 aliphatic rings. The van der Waals surface area contributed by atoms with E-state index in [1.807, 2.05) is 13.0 Å². The van der Waals surface area contributed by atoms with Crippen molar-refractivity contribution in [2.24, 2.45) is 5.92 Å². The summed E-state index contributed by atoms with van der Waals surface area (Å²) in [5.41, 5.74) is 1.71. The van der Waals surface area contributed by atoms with Crippen molar-refractivity contribution in [1.82, 2.24) is 0 Å². The molecule has 0 fully saturated rings. The molecule has 0 radical (unpaired) electrons. The number of rotatable bonds is 8. The lowest BCUT2D eigenvalue weighted by atomic mass is 9.99. The van der Waals surface area contributed by atoms with E-state index in [1.54, 1.807) is 12.1 Å². The normalized spacial score (nSPS) is 12.2. The largest absolute Gasteiger partial charge is 0.379 e. The van der Waals surface area contributed by atoms with Gasteiger partial charge in [0.15, 0.2) is 0 Å². The standard InChI is InChI=1S/C15H24N2O2/c1-4-6-7-13(5-2)11-16-14-9-8-12(3)10-15(14)17(18)19/h8-10,13,16H,4-7,11H2,1-3H3. The van der Waals surface area contributed by atoms with Gasteiger partial charge in [-0.3, -0.25) is 10.1 Å². The summed E-state index contributed by atoms with van der Waals surface area (Å²) in [5, 5.41) is 14.3. The molecule has 106 valence electrons. The minimum absolute atomic E-state index is 0.172. The van der Waals surface area contributed by atoms with Crippen molar-refractivity contribution in [1.29, 1.82) is 0 Å². The predicted octanol–water partition coefficient (Wildman–Crippen LogP) is 4.53. The number of anilines is 1. The van der Waals surface area contributed by atoms with Crippen LogP contribution in [0, 0.1) is 23.0 Å². The predicted molar refractivity (Wildman–Crippen MR) is 79.6 cm³/mol. The summed E-state index contributed by atoms with van der Waals surface area (Å²) in [6, 6.07) is 5.33. The Balaban J connectivity index is 2.68. The van der Waals surface area contributed by atoms with Crippen LogP contribution in [0.15, 0.2) is 18.2 Å². The first-order valence-corrected chi connectivity index (χ1v) is 7.07. The van der Waals surface area contributed by atoms with Crippen LogP contribution in [0.25, 0.3) is 0 Å². The molecule has 1 aromatic rings. The van der Waals surface area contributed by atoms with E-state index in [1.165, 1.54) is 19.3 Å². The molecule has 0 aromatic heterocycles. The van der Waals surface area contributed by atoms with Crippen molar-refractivity contribution in [2.75, 3.05) is 11.9 Å². The maximum atomic E-state index is 11.0. The van der Waals surface area contributed by atoms with Gasteiger partial charge in [-0.15, -0.1) is 0 Å². The second kappa shape index (κ2) is 7.77. The number of nitro groups is 1. The Morgan fingerprint density at radius 1 is 1.37 bits per heavy atom. The Labute approximate surface area is 115 Å². The minimum atomic E-state index is -0.317. The van der Waals surface area contributed by atoms with Crippen LogP contribution in [0.4, 0.5) is 11.4 Å². The molecular weight excluding hydrogens is 240 g/mol. The molecule has 0 bridgehead atoms. The van der Waals surface area contributed by atoms with Gasteiger partial charge in [0.1, 0.15) is 5.69 Å². The molecule has 4 nitrogen and oxygen atoms in total. The zero-order valence-electron chi connectivity index (χ0n) is 12.1. The maximum Gasteiger partial charge on any atom is 0.292 e. The van der Waals surface area contributed by atoms with Gasteiger partial charge in [0.2, 0.25) is 0 Å². The molecule has 0 spiro atoms. The maximum absolute atomic E-state index is 11.0. The van der Waals surface area contributed by atoms with Gasteiger partial charge in [0.05, 0.1) is 4.92 Å². The van der Waals surface area contributed by atoms with Crippen LogP contribution in [0.5, 0.6) is 0 Å². The van der Waals surface area contributed by atoms with Crippen LogP contribution in [0.1, 0.15) is 45.1 Å². The third-order valence-electron chi connectivity index (χ3n) is 3.47. The van der Waals surface area contributed by atoms with Crippen molar-refractivity contribution in [3.05, 3.63) is 33.9 Å². The van der Waals surface area contributed by atoms with E-state index in [0.717, 1.165) is 18.5 Å². The van der Waals surface area contributed by atoms with Gasteiger partial charge >= 0.3 is 0 Å². The molecule has 0 heterocycles. The first-order chi connectivity index (χ1) is 9.08. The number of nitrogens with zero attached hydrogens (tertiary/aromatic N) is 1. The van der Waals surface area contributed by atoms with E-state index in [9.17, 15) is 10.1 Å². The van der Waals surface area contributed by atoms with Crippen LogP contribution in [-0.2, 0) is 0 Å². The third kappa shape index (κ3) is 4.89. The molecule has 1 aromatic carbocycles.